The van der Waals surface area contributed by atoms with E-state index >= 15 is 0 Å². The molecule has 2 atom stereocenters. The van der Waals surface area contributed by atoms with E-state index in [4.69, 9.17) is 15.2 Å². The van der Waals surface area contributed by atoms with Crippen LogP contribution in [0.25, 0.3) is 0 Å². The molecule has 3 N–H and O–H groups in total. The summed E-state index contributed by atoms with van der Waals surface area (Å²) in [5.41, 5.74) is 5.65. The summed E-state index contributed by atoms with van der Waals surface area (Å²) in [7, 11) is 1.66. The van der Waals surface area contributed by atoms with Crippen LogP contribution in [0.4, 0.5) is 0 Å². The molecule has 0 bridgehead atoms. The smallest absolute Gasteiger partial charge is 0.0657 e. The van der Waals surface area contributed by atoms with E-state index in [1.165, 1.54) is 0 Å². The van der Waals surface area contributed by atoms with Crippen molar-refractivity contribution in [1.29, 1.82) is 0 Å². The van der Waals surface area contributed by atoms with Gasteiger partial charge in [-0.05, 0) is 12.8 Å². The first-order chi connectivity index (χ1) is 7.16. The third-order valence-electron chi connectivity index (χ3n) is 3.49. The zero-order chi connectivity index (χ0) is 11.3. The second-order valence-corrected chi connectivity index (χ2v) is 4.56. The molecule has 0 amide bonds. The maximum atomic E-state index is 10.3. The average Bonchev–Trinajstić information content (AvgIpc) is 2.29. The number of rotatable bonds is 5. The van der Waals surface area contributed by atoms with Crippen LogP contribution in [0.1, 0.15) is 19.8 Å². The maximum Gasteiger partial charge on any atom is 0.0657 e. The highest BCUT2D eigenvalue weighted by molar-refractivity contribution is 4.91. The zero-order valence-electron chi connectivity index (χ0n) is 9.74. The van der Waals surface area contributed by atoms with Gasteiger partial charge in [-0.3, -0.25) is 0 Å². The lowest BCUT2D eigenvalue weighted by Gasteiger charge is -2.42. The molecule has 1 rings (SSSR count). The van der Waals surface area contributed by atoms with E-state index in [1.54, 1.807) is 7.11 Å². The quantitative estimate of drug-likeness (QED) is 0.699. The summed E-state index contributed by atoms with van der Waals surface area (Å²) < 4.78 is 10.4. The second kappa shape index (κ2) is 5.80. The fourth-order valence-corrected chi connectivity index (χ4v) is 2.36. The van der Waals surface area contributed by atoms with Crippen LogP contribution in [-0.4, -0.2) is 44.7 Å². The van der Waals surface area contributed by atoms with Gasteiger partial charge in [0.1, 0.15) is 0 Å². The SMILES string of the molecule is COCC(C)C(O)C1(CN)CCOCC1. The predicted molar refractivity (Wildman–Crippen MR) is 58.6 cm³/mol. The summed E-state index contributed by atoms with van der Waals surface area (Å²) in [5.74, 6) is 0.122. The largest absolute Gasteiger partial charge is 0.392 e. The summed E-state index contributed by atoms with van der Waals surface area (Å²) >= 11 is 0. The summed E-state index contributed by atoms with van der Waals surface area (Å²) in [5, 5.41) is 10.3. The van der Waals surface area contributed by atoms with E-state index in [2.05, 4.69) is 0 Å². The molecule has 0 saturated carbocycles. The van der Waals surface area contributed by atoms with Crippen LogP contribution in [0.3, 0.4) is 0 Å². The highest BCUT2D eigenvalue weighted by atomic mass is 16.5. The van der Waals surface area contributed by atoms with Gasteiger partial charge in [0.25, 0.3) is 0 Å². The highest BCUT2D eigenvalue weighted by Crippen LogP contribution is 2.36. The summed E-state index contributed by atoms with van der Waals surface area (Å²) in [4.78, 5) is 0. The van der Waals surface area contributed by atoms with Gasteiger partial charge in [0, 0.05) is 38.2 Å². The Morgan fingerprint density at radius 1 is 1.47 bits per heavy atom. The van der Waals surface area contributed by atoms with E-state index in [9.17, 15) is 5.11 Å². The Labute approximate surface area is 91.7 Å². The Hall–Kier alpha value is -0.160. The van der Waals surface area contributed by atoms with Crippen molar-refractivity contribution in [3.8, 4) is 0 Å². The Balaban J connectivity index is 2.62. The van der Waals surface area contributed by atoms with Gasteiger partial charge in [-0.25, -0.2) is 0 Å². The molecule has 1 heterocycles. The van der Waals surface area contributed by atoms with E-state index in [0.717, 1.165) is 12.8 Å². The minimum absolute atomic E-state index is 0.122. The molecule has 0 aliphatic carbocycles. The van der Waals surface area contributed by atoms with Crippen LogP contribution >= 0.6 is 0 Å². The lowest BCUT2D eigenvalue weighted by atomic mass is 9.71. The second-order valence-electron chi connectivity index (χ2n) is 4.56. The first-order valence-corrected chi connectivity index (χ1v) is 5.61. The number of nitrogens with two attached hydrogens (primary N) is 1. The van der Waals surface area contributed by atoms with Crippen LogP contribution in [0, 0.1) is 11.3 Å². The van der Waals surface area contributed by atoms with Crippen molar-refractivity contribution >= 4 is 0 Å². The minimum atomic E-state index is -0.397. The van der Waals surface area contributed by atoms with Crippen molar-refractivity contribution < 1.29 is 14.6 Å². The number of methoxy groups -OCH3 is 1. The number of ether oxygens (including phenoxy) is 2. The summed E-state index contributed by atoms with van der Waals surface area (Å²) in [6.45, 7) is 4.50. The lowest BCUT2D eigenvalue weighted by Crippen LogP contribution is -2.49. The van der Waals surface area contributed by atoms with Gasteiger partial charge < -0.3 is 20.3 Å². The van der Waals surface area contributed by atoms with Crippen molar-refractivity contribution in [3.63, 3.8) is 0 Å². The molecule has 90 valence electrons. The van der Waals surface area contributed by atoms with Gasteiger partial charge in [0.15, 0.2) is 0 Å². The van der Waals surface area contributed by atoms with Crippen molar-refractivity contribution in [2.45, 2.75) is 25.9 Å². The Morgan fingerprint density at radius 3 is 2.53 bits per heavy atom. The fourth-order valence-electron chi connectivity index (χ4n) is 2.36. The first kappa shape index (κ1) is 12.9. The topological polar surface area (TPSA) is 64.7 Å². The van der Waals surface area contributed by atoms with Gasteiger partial charge >= 0.3 is 0 Å². The van der Waals surface area contributed by atoms with Gasteiger partial charge in [0.2, 0.25) is 0 Å². The predicted octanol–water partition coefficient (Wildman–Crippen LogP) is 0.385. The van der Waals surface area contributed by atoms with Crippen LogP contribution < -0.4 is 5.73 Å². The lowest BCUT2D eigenvalue weighted by molar-refractivity contribution is -0.0872. The first-order valence-electron chi connectivity index (χ1n) is 5.61. The summed E-state index contributed by atoms with van der Waals surface area (Å²) in [6.07, 6.45) is 1.30. The van der Waals surface area contributed by atoms with Gasteiger partial charge in [-0.2, -0.15) is 0 Å². The van der Waals surface area contributed by atoms with Crippen LogP contribution in [0.5, 0.6) is 0 Å². The number of aliphatic hydroxyl groups excluding tert-OH is 1. The van der Waals surface area contributed by atoms with Crippen LogP contribution in [0.2, 0.25) is 0 Å². The molecule has 0 spiro atoms. The third-order valence-corrected chi connectivity index (χ3v) is 3.49. The molecule has 1 saturated heterocycles. The molecule has 1 fully saturated rings. The van der Waals surface area contributed by atoms with E-state index < -0.39 is 6.10 Å². The number of hydrogen-bond acceptors (Lipinski definition) is 4. The maximum absolute atomic E-state index is 10.3. The number of hydrogen-bond donors (Lipinski definition) is 2. The molecule has 0 aromatic rings. The van der Waals surface area contributed by atoms with Gasteiger partial charge in [-0.15, -0.1) is 0 Å². The monoisotopic (exact) mass is 217 g/mol. The summed E-state index contributed by atoms with van der Waals surface area (Å²) in [6, 6.07) is 0. The van der Waals surface area contributed by atoms with Crippen molar-refractivity contribution in [2.75, 3.05) is 33.5 Å². The van der Waals surface area contributed by atoms with Crippen LogP contribution in [-0.2, 0) is 9.47 Å². The molecule has 0 aromatic carbocycles. The van der Waals surface area contributed by atoms with E-state index in [0.29, 0.717) is 26.4 Å². The minimum Gasteiger partial charge on any atom is -0.392 e. The Bertz CT molecular complexity index is 181. The average molecular weight is 217 g/mol. The molecule has 4 heteroatoms. The van der Waals surface area contributed by atoms with Gasteiger partial charge in [-0.1, -0.05) is 6.92 Å². The van der Waals surface area contributed by atoms with Gasteiger partial charge in [0.05, 0.1) is 12.7 Å². The molecular weight excluding hydrogens is 194 g/mol. The molecule has 0 aromatic heterocycles. The normalized spacial score (nSPS) is 24.8. The van der Waals surface area contributed by atoms with E-state index in [-0.39, 0.29) is 11.3 Å². The molecule has 4 nitrogen and oxygen atoms in total. The van der Waals surface area contributed by atoms with E-state index in [1.807, 2.05) is 6.92 Å². The van der Waals surface area contributed by atoms with Crippen molar-refractivity contribution in [1.82, 2.24) is 0 Å². The molecule has 2 unspecified atom stereocenters. The Morgan fingerprint density at radius 2 is 2.07 bits per heavy atom. The molecular formula is C11H23NO3. The van der Waals surface area contributed by atoms with Crippen LogP contribution in [0.15, 0.2) is 0 Å². The molecule has 1 aliphatic heterocycles. The Kier molecular flexibility index (Phi) is 4.99. The standard InChI is InChI=1S/C11H23NO3/c1-9(7-14-2)10(13)11(8-12)3-5-15-6-4-11/h9-10,13H,3-8,12H2,1-2H3. The fraction of sp³-hybridized carbons (Fsp3) is 1.00. The molecule has 15 heavy (non-hydrogen) atoms. The third kappa shape index (κ3) is 2.91. The van der Waals surface area contributed by atoms with Crippen molar-refractivity contribution in [2.24, 2.45) is 17.1 Å². The molecule has 0 radical (unpaired) electrons. The molecule has 1 aliphatic rings. The zero-order valence-corrected chi connectivity index (χ0v) is 9.74. The highest BCUT2D eigenvalue weighted by Gasteiger charge is 2.40. The van der Waals surface area contributed by atoms with Crippen molar-refractivity contribution in [3.05, 3.63) is 0 Å². The number of aliphatic hydroxyl groups is 1.